The van der Waals surface area contributed by atoms with Crippen LogP contribution in [0.5, 0.6) is 0 Å². The van der Waals surface area contributed by atoms with Gasteiger partial charge in [-0.1, -0.05) is 13.3 Å². The minimum Gasteiger partial charge on any atom is -0.748 e. The molecule has 2 aliphatic rings. The maximum atomic E-state index is 12.6. The molecule has 0 fully saturated rings. The second-order valence-corrected chi connectivity index (χ2v) is 14.2. The third-order valence-corrected chi connectivity index (χ3v) is 8.00. The second-order valence-electron chi connectivity index (χ2n) is 11.2. The van der Waals surface area contributed by atoms with Gasteiger partial charge in [-0.3, -0.25) is 0 Å². The van der Waals surface area contributed by atoms with E-state index in [2.05, 4.69) is 59.5 Å². The van der Waals surface area contributed by atoms with Gasteiger partial charge in [0.15, 0.2) is 0 Å². The SMILES string of the molecule is CCCCN1C=CN(C)C1.CCN1C=CNC1.O=S(=O)([O-])CCC(F)(F)C(F)(F)C(F)(F)C(F)(F)F.O=S(=O)([O-])CCC(F)(F)C(F)(F)C(F)(F)C(F)(F)F. The molecule has 0 aliphatic carbocycles. The maximum absolute atomic E-state index is 12.6. The van der Waals surface area contributed by atoms with E-state index in [1.807, 2.05) is 6.20 Å². The van der Waals surface area contributed by atoms with Gasteiger partial charge >= 0.3 is 47.9 Å². The summed E-state index contributed by atoms with van der Waals surface area (Å²) in [6.45, 7) is 8.72. The van der Waals surface area contributed by atoms with E-state index in [4.69, 9.17) is 0 Å². The van der Waals surface area contributed by atoms with Crippen LogP contribution in [-0.2, 0) is 20.2 Å². The fraction of sp³-hybridized carbons (Fsp3) is 0.840. The Morgan fingerprint density at radius 3 is 1.20 bits per heavy atom. The zero-order chi connectivity index (χ0) is 44.3. The number of hydrogen-bond acceptors (Lipinski definition) is 10. The Labute approximate surface area is 302 Å². The molecule has 2 rings (SSSR count). The number of hydrogen-bond donors (Lipinski definition) is 1. The number of rotatable bonds is 14. The van der Waals surface area contributed by atoms with E-state index < -0.39 is 92.5 Å². The van der Waals surface area contributed by atoms with Crippen LogP contribution >= 0.6 is 0 Å². The fourth-order valence-electron chi connectivity index (χ4n) is 3.33. The lowest BCUT2D eigenvalue weighted by atomic mass is 10.0. The third kappa shape index (κ3) is 16.3. The highest BCUT2D eigenvalue weighted by atomic mass is 32.2. The largest absolute Gasteiger partial charge is 0.748 e. The van der Waals surface area contributed by atoms with Crippen LogP contribution in [0.25, 0.3) is 0 Å². The highest BCUT2D eigenvalue weighted by Gasteiger charge is 2.82. The fourth-order valence-corrected chi connectivity index (χ4v) is 4.34. The Hall–Kier alpha value is -2.76. The standard InChI is InChI=1S/C8H16N2.2C6H5F9O3S.C5H10N2/c1-3-4-5-10-7-6-9(2)8-10;2*7-3(8,1-2-19(16,17)18)4(9,10)5(11,12)6(13,14)15;1-2-7-4-3-6-5-7/h6-7H,3-5,8H2,1-2H3;2*1-2H2,(H,16,17,18);3-4,6H,2,5H2,1H3/p-2. The first-order valence-corrected chi connectivity index (χ1v) is 17.9. The lowest BCUT2D eigenvalue weighted by molar-refractivity contribution is -0.396. The van der Waals surface area contributed by atoms with E-state index >= 15 is 0 Å². The molecule has 2 aliphatic heterocycles. The Morgan fingerprint density at radius 2 is 0.982 bits per heavy atom. The summed E-state index contributed by atoms with van der Waals surface area (Å²) in [5.74, 6) is -44.5. The van der Waals surface area contributed by atoms with Crippen LogP contribution in [0.15, 0.2) is 24.8 Å². The molecule has 0 spiro atoms. The number of alkyl halides is 18. The van der Waals surface area contributed by atoms with Crippen LogP contribution in [0.4, 0.5) is 79.0 Å². The highest BCUT2D eigenvalue weighted by molar-refractivity contribution is 7.85. The maximum Gasteiger partial charge on any atom is 0.460 e. The van der Waals surface area contributed by atoms with Crippen molar-refractivity contribution in [2.24, 2.45) is 0 Å². The Bertz CT molecular complexity index is 1380. The number of nitrogens with zero attached hydrogens (tertiary/aromatic N) is 3. The second kappa shape index (κ2) is 19.6. The Kier molecular flexibility index (Phi) is 19.4. The molecular weight excluding hydrogens is 858 g/mol. The van der Waals surface area contributed by atoms with Gasteiger partial charge in [-0.25, -0.2) is 16.8 Å². The van der Waals surface area contributed by atoms with Crippen LogP contribution < -0.4 is 5.32 Å². The molecule has 0 aromatic rings. The quantitative estimate of drug-likeness (QED) is 0.151. The van der Waals surface area contributed by atoms with Crippen molar-refractivity contribution in [1.82, 2.24) is 20.0 Å². The number of halogens is 18. The summed E-state index contributed by atoms with van der Waals surface area (Å²) in [7, 11) is -8.88. The lowest BCUT2D eigenvalue weighted by Crippen LogP contribution is -2.61. The van der Waals surface area contributed by atoms with Crippen molar-refractivity contribution in [3.63, 3.8) is 0 Å². The van der Waals surface area contributed by atoms with Gasteiger partial charge in [-0.15, -0.1) is 0 Å². The van der Waals surface area contributed by atoms with Gasteiger partial charge in [0.2, 0.25) is 0 Å². The van der Waals surface area contributed by atoms with Crippen molar-refractivity contribution in [2.75, 3.05) is 45.0 Å². The smallest absolute Gasteiger partial charge is 0.460 e. The van der Waals surface area contributed by atoms with E-state index in [0.29, 0.717) is 0 Å². The van der Waals surface area contributed by atoms with Crippen LogP contribution in [-0.4, -0.2) is 134 Å². The molecular formula is C25H34F18N4O6S2-2. The number of unbranched alkanes of at least 4 members (excludes halogenated alkanes) is 1. The average Bonchev–Trinajstić information content (AvgIpc) is 3.69. The van der Waals surface area contributed by atoms with Crippen molar-refractivity contribution in [2.45, 2.75) is 87.4 Å². The average molecular weight is 893 g/mol. The van der Waals surface area contributed by atoms with Gasteiger partial charge < -0.3 is 29.1 Å². The lowest BCUT2D eigenvalue weighted by Gasteiger charge is -2.33. The van der Waals surface area contributed by atoms with Crippen molar-refractivity contribution >= 4 is 20.2 Å². The zero-order valence-electron chi connectivity index (χ0n) is 28.3. The molecule has 30 heteroatoms. The summed E-state index contributed by atoms with van der Waals surface area (Å²) in [6, 6.07) is 0. The van der Waals surface area contributed by atoms with E-state index in [-0.39, 0.29) is 0 Å². The molecule has 10 nitrogen and oxygen atoms in total. The molecule has 0 amide bonds. The van der Waals surface area contributed by atoms with E-state index in [9.17, 15) is 105 Å². The minimum absolute atomic E-state index is 0.983. The molecule has 0 bridgehead atoms. The predicted molar refractivity (Wildman–Crippen MR) is 153 cm³/mol. The molecule has 0 atom stereocenters. The molecule has 0 saturated heterocycles. The van der Waals surface area contributed by atoms with Gasteiger partial charge in [0.05, 0.1) is 33.6 Å². The molecule has 0 aromatic carbocycles. The predicted octanol–water partition coefficient (Wildman–Crippen LogP) is 6.58. The topological polar surface area (TPSA) is 136 Å². The van der Waals surface area contributed by atoms with Crippen molar-refractivity contribution < 1.29 is 105 Å². The Balaban J connectivity index is 0. The van der Waals surface area contributed by atoms with E-state index in [0.717, 1.165) is 19.9 Å². The summed E-state index contributed by atoms with van der Waals surface area (Å²) >= 11 is 0. The molecule has 330 valence electrons. The normalized spacial score (nSPS) is 16.2. The van der Waals surface area contributed by atoms with Crippen LogP contribution in [0.3, 0.4) is 0 Å². The molecule has 0 unspecified atom stereocenters. The molecule has 0 radical (unpaired) electrons. The summed E-state index contributed by atoms with van der Waals surface area (Å²) in [5, 5.41) is 3.07. The van der Waals surface area contributed by atoms with Crippen LogP contribution in [0.2, 0.25) is 0 Å². The molecule has 0 saturated carbocycles. The van der Waals surface area contributed by atoms with Crippen LogP contribution in [0, 0.1) is 0 Å². The van der Waals surface area contributed by atoms with E-state index in [1.165, 1.54) is 19.4 Å². The summed E-state index contributed by atoms with van der Waals surface area (Å²) in [5.41, 5.74) is 0. The van der Waals surface area contributed by atoms with E-state index in [1.54, 1.807) is 0 Å². The van der Waals surface area contributed by atoms with Crippen molar-refractivity contribution in [1.29, 1.82) is 0 Å². The van der Waals surface area contributed by atoms with Crippen molar-refractivity contribution in [3.8, 4) is 0 Å². The Morgan fingerprint density at radius 1 is 0.600 bits per heavy atom. The first kappa shape index (κ1) is 54.3. The molecule has 2 heterocycles. The third-order valence-electron chi connectivity index (χ3n) is 6.59. The van der Waals surface area contributed by atoms with Gasteiger partial charge in [0.1, 0.15) is 0 Å². The molecule has 55 heavy (non-hydrogen) atoms. The first-order valence-electron chi connectivity index (χ1n) is 14.7. The summed E-state index contributed by atoms with van der Waals surface area (Å²) in [6.07, 6.45) is -8.40. The van der Waals surface area contributed by atoms with Gasteiger partial charge in [-0.2, -0.15) is 79.0 Å². The zero-order valence-corrected chi connectivity index (χ0v) is 29.9. The minimum atomic E-state index is -7.09. The van der Waals surface area contributed by atoms with Crippen LogP contribution in [0.1, 0.15) is 39.5 Å². The summed E-state index contributed by atoms with van der Waals surface area (Å²) in [4.78, 5) is 6.72. The number of nitrogens with one attached hydrogen (secondary N) is 1. The van der Waals surface area contributed by atoms with Gasteiger partial charge in [-0.05, 0) is 13.3 Å². The molecule has 0 aromatic heterocycles. The highest BCUT2D eigenvalue weighted by Crippen LogP contribution is 2.55. The van der Waals surface area contributed by atoms with Crippen molar-refractivity contribution in [3.05, 3.63) is 24.8 Å². The summed E-state index contributed by atoms with van der Waals surface area (Å²) < 4.78 is 279. The van der Waals surface area contributed by atoms with Gasteiger partial charge in [0.25, 0.3) is 0 Å². The molecule has 1 N–H and O–H groups in total. The first-order chi connectivity index (χ1) is 24.2. The monoisotopic (exact) mass is 892 g/mol. The van der Waals surface area contributed by atoms with Gasteiger partial charge in [0, 0.05) is 69.3 Å².